The predicted octanol–water partition coefficient (Wildman–Crippen LogP) is 4.30. The van der Waals surface area contributed by atoms with Crippen molar-refractivity contribution in [1.29, 1.82) is 0 Å². The molecule has 2 rings (SSSR count). The lowest BCUT2D eigenvalue weighted by Crippen LogP contribution is -2.38. The van der Waals surface area contributed by atoms with Gasteiger partial charge in [-0.25, -0.2) is 0 Å². The fourth-order valence-electron chi connectivity index (χ4n) is 2.59. The van der Waals surface area contributed by atoms with Crippen LogP contribution in [-0.4, -0.2) is 39.7 Å². The average molecular weight is 455 g/mol. The van der Waals surface area contributed by atoms with Gasteiger partial charge in [0.1, 0.15) is 6.54 Å². The number of hydrogen-bond acceptors (Lipinski definition) is 6. The summed E-state index contributed by atoms with van der Waals surface area (Å²) in [4.78, 5) is 46.8. The summed E-state index contributed by atoms with van der Waals surface area (Å²) in [5, 5.41) is 25.3. The number of benzene rings is 2. The molecule has 2 amide bonds. The standard InChI is InChI=1S/C18H16Cl2N4O6/c1-2-5-22(10-17(25)21-16-4-3-12(19)8-15(16)20)18(26)11-6-13(23(27)28)9-14(7-11)24(29)30/h3-4,6-9H,2,5,10H2,1H3,(H,21,25). The molecule has 0 aliphatic heterocycles. The van der Waals surface area contributed by atoms with E-state index in [1.54, 1.807) is 6.92 Å². The molecule has 0 fully saturated rings. The van der Waals surface area contributed by atoms with Crippen molar-refractivity contribution in [1.82, 2.24) is 4.90 Å². The summed E-state index contributed by atoms with van der Waals surface area (Å²) in [7, 11) is 0. The highest BCUT2D eigenvalue weighted by atomic mass is 35.5. The smallest absolute Gasteiger partial charge is 0.277 e. The van der Waals surface area contributed by atoms with Crippen LogP contribution in [0.15, 0.2) is 36.4 Å². The first-order chi connectivity index (χ1) is 14.1. The molecular weight excluding hydrogens is 439 g/mol. The van der Waals surface area contributed by atoms with E-state index in [2.05, 4.69) is 5.32 Å². The Kier molecular flexibility index (Phi) is 7.67. The molecule has 158 valence electrons. The van der Waals surface area contributed by atoms with Crippen LogP contribution in [0.2, 0.25) is 10.0 Å². The number of nitro groups is 2. The Hall–Kier alpha value is -3.24. The number of nitrogens with zero attached hydrogens (tertiary/aromatic N) is 3. The molecule has 2 aromatic carbocycles. The highest BCUT2D eigenvalue weighted by Gasteiger charge is 2.24. The fraction of sp³-hybridized carbons (Fsp3) is 0.222. The van der Waals surface area contributed by atoms with Gasteiger partial charge in [0.15, 0.2) is 0 Å². The molecule has 12 heteroatoms. The zero-order chi connectivity index (χ0) is 22.4. The van der Waals surface area contributed by atoms with E-state index in [1.807, 2.05) is 0 Å². The van der Waals surface area contributed by atoms with Crippen LogP contribution < -0.4 is 5.32 Å². The summed E-state index contributed by atoms with van der Waals surface area (Å²) < 4.78 is 0. The third-order valence-electron chi connectivity index (χ3n) is 3.89. The van der Waals surface area contributed by atoms with Crippen molar-refractivity contribution in [3.63, 3.8) is 0 Å². The highest BCUT2D eigenvalue weighted by molar-refractivity contribution is 6.36. The molecule has 0 aliphatic rings. The minimum absolute atomic E-state index is 0.150. The summed E-state index contributed by atoms with van der Waals surface area (Å²) >= 11 is 11.8. The molecule has 0 heterocycles. The molecule has 0 unspecified atom stereocenters. The van der Waals surface area contributed by atoms with Crippen molar-refractivity contribution in [2.24, 2.45) is 0 Å². The maximum Gasteiger partial charge on any atom is 0.277 e. The van der Waals surface area contributed by atoms with E-state index in [0.717, 1.165) is 23.1 Å². The summed E-state index contributed by atoms with van der Waals surface area (Å²) in [5.41, 5.74) is -1.16. The molecule has 1 N–H and O–H groups in total. The van der Waals surface area contributed by atoms with E-state index in [1.165, 1.54) is 18.2 Å². The molecule has 10 nitrogen and oxygen atoms in total. The number of halogens is 2. The van der Waals surface area contributed by atoms with Crippen LogP contribution in [0.3, 0.4) is 0 Å². The van der Waals surface area contributed by atoms with Crippen LogP contribution in [-0.2, 0) is 4.79 Å². The van der Waals surface area contributed by atoms with Crippen LogP contribution >= 0.6 is 23.2 Å². The number of nitrogens with one attached hydrogen (secondary N) is 1. The second kappa shape index (κ2) is 9.99. The van der Waals surface area contributed by atoms with Crippen molar-refractivity contribution in [3.05, 3.63) is 72.2 Å². The van der Waals surface area contributed by atoms with Gasteiger partial charge in [-0.2, -0.15) is 0 Å². The average Bonchev–Trinajstić information content (AvgIpc) is 2.68. The highest BCUT2D eigenvalue weighted by Crippen LogP contribution is 2.26. The van der Waals surface area contributed by atoms with E-state index in [0.29, 0.717) is 17.1 Å². The Balaban J connectivity index is 2.26. The van der Waals surface area contributed by atoms with Gasteiger partial charge in [-0.1, -0.05) is 30.1 Å². The molecule has 0 saturated carbocycles. The number of rotatable bonds is 8. The van der Waals surface area contributed by atoms with Gasteiger partial charge in [0.25, 0.3) is 17.3 Å². The largest absolute Gasteiger partial charge is 0.329 e. The third kappa shape index (κ3) is 5.88. The predicted molar refractivity (Wildman–Crippen MR) is 111 cm³/mol. The Labute approximate surface area is 180 Å². The molecule has 0 bridgehead atoms. The minimum atomic E-state index is -0.830. The van der Waals surface area contributed by atoms with Gasteiger partial charge in [0.05, 0.1) is 32.2 Å². The van der Waals surface area contributed by atoms with Crippen LogP contribution in [0.5, 0.6) is 0 Å². The Morgan fingerprint density at radius 3 is 2.13 bits per heavy atom. The third-order valence-corrected chi connectivity index (χ3v) is 4.44. The van der Waals surface area contributed by atoms with Crippen LogP contribution in [0.4, 0.5) is 17.1 Å². The lowest BCUT2D eigenvalue weighted by molar-refractivity contribution is -0.394. The number of anilines is 1. The lowest BCUT2D eigenvalue weighted by atomic mass is 10.1. The summed E-state index contributed by atoms with van der Waals surface area (Å²) in [6, 6.07) is 7.10. The molecule has 0 saturated heterocycles. The van der Waals surface area contributed by atoms with Gasteiger partial charge < -0.3 is 10.2 Å². The zero-order valence-corrected chi connectivity index (χ0v) is 17.1. The first-order valence-corrected chi connectivity index (χ1v) is 9.36. The first-order valence-electron chi connectivity index (χ1n) is 8.60. The maximum atomic E-state index is 12.8. The van der Waals surface area contributed by atoms with Gasteiger partial charge in [-0.3, -0.25) is 29.8 Å². The number of nitro benzene ring substituents is 2. The van der Waals surface area contributed by atoms with Crippen LogP contribution in [0, 0.1) is 20.2 Å². The number of amides is 2. The summed E-state index contributed by atoms with van der Waals surface area (Å²) in [6.45, 7) is 1.53. The van der Waals surface area contributed by atoms with Gasteiger partial charge >= 0.3 is 0 Å². The van der Waals surface area contributed by atoms with Crippen LogP contribution in [0.25, 0.3) is 0 Å². The Morgan fingerprint density at radius 2 is 1.63 bits per heavy atom. The SMILES string of the molecule is CCCN(CC(=O)Nc1ccc(Cl)cc1Cl)C(=O)c1cc([N+](=O)[O-])cc([N+](=O)[O-])c1. The molecule has 0 radical (unpaired) electrons. The lowest BCUT2D eigenvalue weighted by Gasteiger charge is -2.21. The van der Waals surface area contributed by atoms with Gasteiger partial charge in [-0.05, 0) is 24.6 Å². The topological polar surface area (TPSA) is 136 Å². The van der Waals surface area contributed by atoms with E-state index >= 15 is 0 Å². The van der Waals surface area contributed by atoms with E-state index in [4.69, 9.17) is 23.2 Å². The second-order valence-electron chi connectivity index (χ2n) is 6.15. The van der Waals surface area contributed by atoms with Gasteiger partial charge in [-0.15, -0.1) is 0 Å². The van der Waals surface area contributed by atoms with E-state index in [9.17, 15) is 29.8 Å². The van der Waals surface area contributed by atoms with Gasteiger partial charge in [0.2, 0.25) is 5.91 Å². The van der Waals surface area contributed by atoms with Gasteiger partial charge in [0, 0.05) is 23.7 Å². The molecule has 2 aromatic rings. The molecule has 0 atom stereocenters. The van der Waals surface area contributed by atoms with Crippen LogP contribution in [0.1, 0.15) is 23.7 Å². The minimum Gasteiger partial charge on any atom is -0.329 e. The summed E-state index contributed by atoms with van der Waals surface area (Å²) in [5.74, 6) is -1.32. The zero-order valence-electron chi connectivity index (χ0n) is 15.6. The van der Waals surface area contributed by atoms with Crippen molar-refractivity contribution in [2.45, 2.75) is 13.3 Å². The fourth-order valence-corrected chi connectivity index (χ4v) is 3.04. The molecular formula is C18H16Cl2N4O6. The van der Waals surface area contributed by atoms with Crippen molar-refractivity contribution < 1.29 is 19.4 Å². The molecule has 0 aromatic heterocycles. The Morgan fingerprint density at radius 1 is 1.03 bits per heavy atom. The molecule has 30 heavy (non-hydrogen) atoms. The Bertz CT molecular complexity index is 982. The second-order valence-corrected chi connectivity index (χ2v) is 6.99. The molecule has 0 aliphatic carbocycles. The van der Waals surface area contributed by atoms with E-state index in [-0.39, 0.29) is 23.7 Å². The molecule has 0 spiro atoms. The maximum absolute atomic E-state index is 12.8. The normalized spacial score (nSPS) is 10.4. The van der Waals surface area contributed by atoms with Crippen molar-refractivity contribution >= 4 is 52.1 Å². The number of hydrogen-bond donors (Lipinski definition) is 1. The first kappa shape index (κ1) is 23.0. The monoisotopic (exact) mass is 454 g/mol. The summed E-state index contributed by atoms with van der Waals surface area (Å²) in [6.07, 6.45) is 0.484. The van der Waals surface area contributed by atoms with E-state index < -0.39 is 33.0 Å². The number of carbonyl (C=O) groups is 2. The van der Waals surface area contributed by atoms with Crippen molar-refractivity contribution in [3.8, 4) is 0 Å². The number of non-ortho nitro benzene ring substituents is 2. The quantitative estimate of drug-likeness (QED) is 0.466. The van der Waals surface area contributed by atoms with Crippen molar-refractivity contribution in [2.75, 3.05) is 18.4 Å². The number of carbonyl (C=O) groups excluding carboxylic acids is 2.